The molecule has 128 valence electrons. The largest absolute Gasteiger partial charge is 0.496 e. The summed E-state index contributed by atoms with van der Waals surface area (Å²) in [5.74, 6) is 0.159. The van der Waals surface area contributed by atoms with Gasteiger partial charge in [-0.25, -0.2) is 0 Å². The summed E-state index contributed by atoms with van der Waals surface area (Å²) in [6.45, 7) is 0.615. The van der Waals surface area contributed by atoms with Crippen molar-refractivity contribution < 1.29 is 9.53 Å². The normalized spacial score (nSPS) is 10.5. The van der Waals surface area contributed by atoms with E-state index in [9.17, 15) is 4.79 Å². The summed E-state index contributed by atoms with van der Waals surface area (Å²) in [4.78, 5) is 12.5. The fourth-order valence-electron chi connectivity index (χ4n) is 2.35. The number of amides is 1. The number of anilines is 1. The number of methoxy groups -OCH3 is 1. The van der Waals surface area contributed by atoms with Gasteiger partial charge in [-0.15, -0.1) is 0 Å². The Morgan fingerprint density at radius 3 is 2.76 bits per heavy atom. The Bertz CT molecular complexity index is 894. The van der Waals surface area contributed by atoms with Crippen LogP contribution in [0, 0.1) is 0 Å². The topological polar surface area (TPSA) is 56.1 Å². The van der Waals surface area contributed by atoms with Crippen LogP contribution >= 0.6 is 27.5 Å². The summed E-state index contributed by atoms with van der Waals surface area (Å²) in [5, 5.41) is 7.55. The predicted molar refractivity (Wildman–Crippen MR) is 101 cm³/mol. The summed E-state index contributed by atoms with van der Waals surface area (Å²) in [5.41, 5.74) is 2.08. The second-order valence-electron chi connectivity index (χ2n) is 5.35. The van der Waals surface area contributed by atoms with Crippen LogP contribution in [0.4, 0.5) is 5.69 Å². The Hall–Kier alpha value is -2.31. The SMILES string of the molecule is COc1ccc(Cl)cc1C(=O)Nc1cnn(Cc2ccc(Br)cc2)c1. The van der Waals surface area contributed by atoms with Crippen molar-refractivity contribution in [1.29, 1.82) is 0 Å². The van der Waals surface area contributed by atoms with Crippen molar-refractivity contribution in [3.05, 3.63) is 75.5 Å². The zero-order chi connectivity index (χ0) is 17.8. The van der Waals surface area contributed by atoms with Crippen LogP contribution < -0.4 is 10.1 Å². The summed E-state index contributed by atoms with van der Waals surface area (Å²) < 4.78 is 7.99. The first-order valence-corrected chi connectivity index (χ1v) is 8.64. The Morgan fingerprint density at radius 1 is 1.28 bits per heavy atom. The molecule has 2 aromatic carbocycles. The Labute approximate surface area is 158 Å². The highest BCUT2D eigenvalue weighted by atomic mass is 79.9. The van der Waals surface area contributed by atoms with Gasteiger partial charge in [-0.05, 0) is 35.9 Å². The number of hydrogen-bond donors (Lipinski definition) is 1. The molecule has 25 heavy (non-hydrogen) atoms. The molecule has 0 radical (unpaired) electrons. The average molecular weight is 421 g/mol. The third-order valence-electron chi connectivity index (χ3n) is 3.56. The molecule has 1 heterocycles. The molecule has 5 nitrogen and oxygen atoms in total. The zero-order valence-electron chi connectivity index (χ0n) is 13.4. The van der Waals surface area contributed by atoms with Gasteiger partial charge in [0.15, 0.2) is 0 Å². The first-order chi connectivity index (χ1) is 12.0. The maximum atomic E-state index is 12.5. The molecule has 0 atom stereocenters. The number of rotatable bonds is 5. The Morgan fingerprint density at radius 2 is 2.04 bits per heavy atom. The van der Waals surface area contributed by atoms with E-state index in [0.717, 1.165) is 10.0 Å². The summed E-state index contributed by atoms with van der Waals surface area (Å²) in [6.07, 6.45) is 3.38. The Kier molecular flexibility index (Phi) is 5.40. The van der Waals surface area contributed by atoms with Gasteiger partial charge in [-0.2, -0.15) is 5.10 Å². The van der Waals surface area contributed by atoms with Gasteiger partial charge >= 0.3 is 0 Å². The van der Waals surface area contributed by atoms with Gasteiger partial charge in [0.05, 0.1) is 31.1 Å². The number of nitrogens with zero attached hydrogens (tertiary/aromatic N) is 2. The van der Waals surface area contributed by atoms with Crippen molar-refractivity contribution in [3.8, 4) is 5.75 Å². The second kappa shape index (κ2) is 7.72. The lowest BCUT2D eigenvalue weighted by atomic mass is 10.2. The maximum absolute atomic E-state index is 12.5. The zero-order valence-corrected chi connectivity index (χ0v) is 15.7. The number of ether oxygens (including phenoxy) is 1. The first-order valence-electron chi connectivity index (χ1n) is 7.47. The van der Waals surface area contributed by atoms with Crippen LogP contribution in [-0.4, -0.2) is 22.8 Å². The second-order valence-corrected chi connectivity index (χ2v) is 6.70. The number of hydrogen-bond acceptors (Lipinski definition) is 3. The molecular weight excluding hydrogens is 406 g/mol. The average Bonchev–Trinajstić information content (AvgIpc) is 3.03. The van der Waals surface area contributed by atoms with Crippen molar-refractivity contribution in [2.75, 3.05) is 12.4 Å². The van der Waals surface area contributed by atoms with Crippen LogP contribution in [0.5, 0.6) is 5.75 Å². The van der Waals surface area contributed by atoms with Crippen molar-refractivity contribution in [2.45, 2.75) is 6.54 Å². The number of aromatic nitrogens is 2. The fraction of sp³-hybridized carbons (Fsp3) is 0.111. The van der Waals surface area contributed by atoms with Gasteiger partial charge in [0.2, 0.25) is 0 Å². The number of carbonyl (C=O) groups excluding carboxylic acids is 1. The molecule has 3 rings (SSSR count). The van der Waals surface area contributed by atoms with E-state index in [4.69, 9.17) is 16.3 Å². The highest BCUT2D eigenvalue weighted by Crippen LogP contribution is 2.23. The van der Waals surface area contributed by atoms with E-state index in [-0.39, 0.29) is 5.91 Å². The molecule has 0 bridgehead atoms. The lowest BCUT2D eigenvalue weighted by Gasteiger charge is -2.08. The molecule has 1 amide bonds. The van der Waals surface area contributed by atoms with Gasteiger partial charge in [0, 0.05) is 15.7 Å². The van der Waals surface area contributed by atoms with Crippen LogP contribution in [0.15, 0.2) is 59.3 Å². The molecule has 1 N–H and O–H groups in total. The Balaban J connectivity index is 1.72. The van der Waals surface area contributed by atoms with Gasteiger partial charge in [-0.1, -0.05) is 39.7 Å². The molecule has 0 aliphatic heterocycles. The molecule has 3 aromatic rings. The van der Waals surface area contributed by atoms with E-state index < -0.39 is 0 Å². The highest BCUT2D eigenvalue weighted by Gasteiger charge is 2.14. The van der Waals surface area contributed by atoms with Crippen LogP contribution in [0.2, 0.25) is 5.02 Å². The summed E-state index contributed by atoms with van der Waals surface area (Å²) in [7, 11) is 1.51. The maximum Gasteiger partial charge on any atom is 0.259 e. The van der Waals surface area contributed by atoms with Crippen LogP contribution in [0.25, 0.3) is 0 Å². The van der Waals surface area contributed by atoms with Crippen molar-refractivity contribution in [3.63, 3.8) is 0 Å². The number of benzene rings is 2. The van der Waals surface area contributed by atoms with Crippen LogP contribution in [0.3, 0.4) is 0 Å². The molecule has 0 spiro atoms. The monoisotopic (exact) mass is 419 g/mol. The molecule has 0 unspecified atom stereocenters. The van der Waals surface area contributed by atoms with Gasteiger partial charge in [0.1, 0.15) is 5.75 Å². The predicted octanol–water partition coefficient (Wildman–Crippen LogP) is 4.61. The minimum absolute atomic E-state index is 0.303. The number of halogens is 2. The molecule has 0 fully saturated rings. The summed E-state index contributed by atoms with van der Waals surface area (Å²) >= 11 is 9.38. The lowest BCUT2D eigenvalue weighted by Crippen LogP contribution is -2.12. The standard InChI is InChI=1S/C18H15BrClN3O2/c1-25-17-7-6-14(20)8-16(17)18(24)22-15-9-21-23(11-15)10-12-2-4-13(19)5-3-12/h2-9,11H,10H2,1H3,(H,22,24). The van der Waals surface area contributed by atoms with E-state index in [0.29, 0.717) is 28.6 Å². The van der Waals surface area contributed by atoms with Gasteiger partial charge in [0.25, 0.3) is 5.91 Å². The minimum Gasteiger partial charge on any atom is -0.496 e. The summed E-state index contributed by atoms with van der Waals surface area (Å²) in [6, 6.07) is 12.9. The minimum atomic E-state index is -0.303. The van der Waals surface area contributed by atoms with Gasteiger partial charge < -0.3 is 10.1 Å². The van der Waals surface area contributed by atoms with Crippen LogP contribution in [-0.2, 0) is 6.54 Å². The third kappa shape index (κ3) is 4.41. The smallest absolute Gasteiger partial charge is 0.259 e. The van der Waals surface area contributed by atoms with E-state index in [1.54, 1.807) is 35.3 Å². The molecule has 0 aliphatic carbocycles. The molecule has 0 saturated heterocycles. The molecular formula is C18H15BrClN3O2. The van der Waals surface area contributed by atoms with Crippen molar-refractivity contribution in [2.24, 2.45) is 0 Å². The molecule has 0 saturated carbocycles. The quantitative estimate of drug-likeness (QED) is 0.656. The third-order valence-corrected chi connectivity index (χ3v) is 4.32. The molecule has 1 aromatic heterocycles. The van der Waals surface area contributed by atoms with Gasteiger partial charge in [-0.3, -0.25) is 9.48 Å². The molecule has 7 heteroatoms. The molecule has 0 aliphatic rings. The first kappa shape index (κ1) is 17.5. The van der Waals surface area contributed by atoms with E-state index in [1.807, 2.05) is 24.3 Å². The van der Waals surface area contributed by atoms with E-state index >= 15 is 0 Å². The fourth-order valence-corrected chi connectivity index (χ4v) is 2.78. The highest BCUT2D eigenvalue weighted by molar-refractivity contribution is 9.10. The van der Waals surface area contributed by atoms with Crippen molar-refractivity contribution >= 4 is 39.1 Å². The van der Waals surface area contributed by atoms with Crippen molar-refractivity contribution in [1.82, 2.24) is 9.78 Å². The van der Waals surface area contributed by atoms with E-state index in [1.165, 1.54) is 7.11 Å². The number of carbonyl (C=O) groups is 1. The van der Waals surface area contributed by atoms with E-state index in [2.05, 4.69) is 26.3 Å². The van der Waals surface area contributed by atoms with Crippen LogP contribution in [0.1, 0.15) is 15.9 Å². The number of nitrogens with one attached hydrogen (secondary N) is 1. The lowest BCUT2D eigenvalue weighted by molar-refractivity contribution is 0.102.